The summed E-state index contributed by atoms with van der Waals surface area (Å²) < 4.78 is 0. The van der Waals surface area contributed by atoms with Crippen LogP contribution in [0, 0.1) is 0 Å². The van der Waals surface area contributed by atoms with Crippen molar-refractivity contribution >= 4 is 5.84 Å². The van der Waals surface area contributed by atoms with Gasteiger partial charge < -0.3 is 5.32 Å². The van der Waals surface area contributed by atoms with Crippen molar-refractivity contribution in [1.29, 1.82) is 0 Å². The van der Waals surface area contributed by atoms with Gasteiger partial charge in [-0.15, -0.1) is 0 Å². The molecule has 84 valence electrons. The summed E-state index contributed by atoms with van der Waals surface area (Å²) in [5, 5.41) is 3.28. The van der Waals surface area contributed by atoms with Gasteiger partial charge in [-0.1, -0.05) is 24.3 Å². The molecule has 2 aromatic rings. The maximum absolute atomic E-state index is 4.44. The highest BCUT2D eigenvalue weighted by Crippen LogP contribution is 2.20. The Bertz CT molecular complexity index is 548. The Balaban J connectivity index is 2.11. The van der Waals surface area contributed by atoms with E-state index in [1.165, 1.54) is 0 Å². The molecule has 0 bridgehead atoms. The number of benzene rings is 1. The van der Waals surface area contributed by atoms with Gasteiger partial charge in [0.2, 0.25) is 0 Å². The Morgan fingerprint density at radius 1 is 0.941 bits per heavy atom. The van der Waals surface area contributed by atoms with E-state index in [4.69, 9.17) is 0 Å². The smallest absolute Gasteiger partial charge is 0.159 e. The number of hydrogen-bond acceptors (Lipinski definition) is 4. The maximum Gasteiger partial charge on any atom is 0.159 e. The summed E-state index contributed by atoms with van der Waals surface area (Å²) in [5.41, 5.74) is 2.08. The summed E-state index contributed by atoms with van der Waals surface area (Å²) in [6, 6.07) is 9.88. The van der Waals surface area contributed by atoms with Gasteiger partial charge >= 0.3 is 0 Å². The summed E-state index contributed by atoms with van der Waals surface area (Å²) in [6.45, 7) is 1.73. The van der Waals surface area contributed by atoms with E-state index in [1.807, 2.05) is 30.3 Å². The summed E-state index contributed by atoms with van der Waals surface area (Å²) in [4.78, 5) is 13.0. The van der Waals surface area contributed by atoms with Crippen LogP contribution in [-0.2, 0) is 0 Å². The van der Waals surface area contributed by atoms with Crippen LogP contribution >= 0.6 is 0 Å². The van der Waals surface area contributed by atoms with Gasteiger partial charge in [0.1, 0.15) is 5.84 Å². The monoisotopic (exact) mass is 224 g/mol. The van der Waals surface area contributed by atoms with Crippen molar-refractivity contribution in [3.05, 3.63) is 48.3 Å². The molecule has 0 radical (unpaired) electrons. The van der Waals surface area contributed by atoms with Crippen LogP contribution in [-0.4, -0.2) is 28.9 Å². The first-order chi connectivity index (χ1) is 8.45. The fourth-order valence-corrected chi connectivity index (χ4v) is 1.90. The highest BCUT2D eigenvalue weighted by atomic mass is 15.1. The maximum atomic E-state index is 4.44. The van der Waals surface area contributed by atoms with Crippen LogP contribution < -0.4 is 5.32 Å². The first-order valence-electron chi connectivity index (χ1n) is 5.60. The molecule has 1 aromatic carbocycles. The zero-order valence-electron chi connectivity index (χ0n) is 9.30. The summed E-state index contributed by atoms with van der Waals surface area (Å²) >= 11 is 0. The van der Waals surface area contributed by atoms with Gasteiger partial charge in [0, 0.05) is 30.1 Å². The van der Waals surface area contributed by atoms with Gasteiger partial charge in [0.05, 0.1) is 6.54 Å². The first kappa shape index (κ1) is 9.96. The van der Waals surface area contributed by atoms with Crippen molar-refractivity contribution in [2.24, 2.45) is 4.99 Å². The summed E-state index contributed by atoms with van der Waals surface area (Å²) in [7, 11) is 0. The lowest BCUT2D eigenvalue weighted by atomic mass is 10.1. The van der Waals surface area contributed by atoms with E-state index in [0.29, 0.717) is 0 Å². The molecular formula is C13H12N4. The number of nitrogens with zero attached hydrogens (tertiary/aromatic N) is 3. The predicted octanol–water partition coefficient (Wildman–Crippen LogP) is 1.49. The van der Waals surface area contributed by atoms with Crippen molar-refractivity contribution in [2.45, 2.75) is 0 Å². The van der Waals surface area contributed by atoms with Crippen LogP contribution in [0.3, 0.4) is 0 Å². The molecule has 0 fully saturated rings. The van der Waals surface area contributed by atoms with Crippen LogP contribution in [0.5, 0.6) is 0 Å². The normalized spacial score (nSPS) is 14.2. The van der Waals surface area contributed by atoms with Crippen LogP contribution in [0.1, 0.15) is 5.56 Å². The van der Waals surface area contributed by atoms with Crippen molar-refractivity contribution in [3.63, 3.8) is 0 Å². The number of nitrogens with one attached hydrogen (secondary N) is 1. The molecule has 0 unspecified atom stereocenters. The zero-order chi connectivity index (χ0) is 11.5. The van der Waals surface area contributed by atoms with Gasteiger partial charge in [-0.2, -0.15) is 0 Å². The molecule has 1 N–H and O–H groups in total. The van der Waals surface area contributed by atoms with Crippen LogP contribution in [0.2, 0.25) is 0 Å². The van der Waals surface area contributed by atoms with Crippen molar-refractivity contribution in [1.82, 2.24) is 15.3 Å². The number of aromatic nitrogens is 2. The minimum atomic E-state index is 0.736. The number of aliphatic imine (C=N–C) groups is 1. The highest BCUT2D eigenvalue weighted by molar-refractivity contribution is 6.04. The van der Waals surface area contributed by atoms with Crippen LogP contribution in [0.4, 0.5) is 0 Å². The average Bonchev–Trinajstić information content (AvgIpc) is 2.94. The van der Waals surface area contributed by atoms with Crippen molar-refractivity contribution < 1.29 is 0 Å². The lowest BCUT2D eigenvalue weighted by Gasteiger charge is -2.08. The van der Waals surface area contributed by atoms with E-state index in [1.54, 1.807) is 12.4 Å². The number of hydrogen-bond donors (Lipinski definition) is 1. The molecule has 0 atom stereocenters. The Morgan fingerprint density at radius 3 is 2.41 bits per heavy atom. The van der Waals surface area contributed by atoms with Crippen molar-refractivity contribution in [3.8, 4) is 11.4 Å². The average molecular weight is 224 g/mol. The number of rotatable bonds is 2. The predicted molar refractivity (Wildman–Crippen MR) is 66.9 cm³/mol. The van der Waals surface area contributed by atoms with E-state index in [9.17, 15) is 0 Å². The molecule has 1 aromatic heterocycles. The second-order valence-corrected chi connectivity index (χ2v) is 3.78. The van der Waals surface area contributed by atoms with Crippen LogP contribution in [0.15, 0.2) is 47.7 Å². The van der Waals surface area contributed by atoms with Gasteiger partial charge in [-0.3, -0.25) is 4.99 Å². The molecule has 3 rings (SSSR count). The molecule has 0 aliphatic carbocycles. The molecule has 1 aliphatic rings. The minimum Gasteiger partial charge on any atom is -0.368 e. The second kappa shape index (κ2) is 4.33. The van der Waals surface area contributed by atoms with Gasteiger partial charge in [0.25, 0.3) is 0 Å². The molecule has 4 nitrogen and oxygen atoms in total. The molecule has 0 saturated carbocycles. The summed E-state index contributed by atoms with van der Waals surface area (Å²) in [6.07, 6.45) is 3.51. The minimum absolute atomic E-state index is 0.736. The molecule has 17 heavy (non-hydrogen) atoms. The van der Waals surface area contributed by atoms with Crippen molar-refractivity contribution in [2.75, 3.05) is 13.1 Å². The standard InChI is InChI=1S/C13H12N4/c1-2-5-11(13-16-8-9-17-13)10(4-1)12-14-6-3-7-15-12/h1-7H,8-9H2,(H,16,17). The molecular weight excluding hydrogens is 212 g/mol. The highest BCUT2D eigenvalue weighted by Gasteiger charge is 2.14. The van der Waals surface area contributed by atoms with Crippen LogP contribution in [0.25, 0.3) is 11.4 Å². The van der Waals surface area contributed by atoms with E-state index in [-0.39, 0.29) is 0 Å². The number of amidine groups is 1. The Labute approximate surface area is 99.5 Å². The first-order valence-corrected chi connectivity index (χ1v) is 5.60. The fourth-order valence-electron chi connectivity index (χ4n) is 1.90. The third-order valence-electron chi connectivity index (χ3n) is 2.66. The third kappa shape index (κ3) is 1.89. The van der Waals surface area contributed by atoms with E-state index < -0.39 is 0 Å². The Hall–Kier alpha value is -2.23. The quantitative estimate of drug-likeness (QED) is 0.840. The lowest BCUT2D eigenvalue weighted by Crippen LogP contribution is -2.20. The Kier molecular flexibility index (Phi) is 2.54. The third-order valence-corrected chi connectivity index (χ3v) is 2.66. The molecule has 0 saturated heterocycles. The molecule has 2 heterocycles. The molecule has 0 amide bonds. The van der Waals surface area contributed by atoms with E-state index in [0.717, 1.165) is 35.9 Å². The van der Waals surface area contributed by atoms with E-state index in [2.05, 4.69) is 20.3 Å². The SMILES string of the molecule is c1cnc(-c2ccccc2C2=NCCN2)nc1. The molecule has 4 heteroatoms. The molecule has 0 spiro atoms. The largest absolute Gasteiger partial charge is 0.368 e. The fraction of sp³-hybridized carbons (Fsp3) is 0.154. The lowest BCUT2D eigenvalue weighted by molar-refractivity contribution is 0.960. The molecule has 1 aliphatic heterocycles. The van der Waals surface area contributed by atoms with E-state index >= 15 is 0 Å². The van der Waals surface area contributed by atoms with Gasteiger partial charge in [-0.25, -0.2) is 9.97 Å². The van der Waals surface area contributed by atoms with Gasteiger partial charge in [-0.05, 0) is 6.07 Å². The summed E-state index contributed by atoms with van der Waals surface area (Å²) in [5.74, 6) is 1.67. The topological polar surface area (TPSA) is 50.2 Å². The Morgan fingerprint density at radius 2 is 1.71 bits per heavy atom. The second-order valence-electron chi connectivity index (χ2n) is 3.78. The zero-order valence-corrected chi connectivity index (χ0v) is 9.30. The van der Waals surface area contributed by atoms with Gasteiger partial charge in [0.15, 0.2) is 5.82 Å².